The molecule has 122 valence electrons. The summed E-state index contributed by atoms with van der Waals surface area (Å²) < 4.78 is 0. The highest BCUT2D eigenvalue weighted by Gasteiger charge is 2.09. The van der Waals surface area contributed by atoms with E-state index in [2.05, 4.69) is 20.3 Å². The van der Waals surface area contributed by atoms with E-state index in [1.165, 1.54) is 0 Å². The van der Waals surface area contributed by atoms with E-state index in [9.17, 15) is 4.79 Å². The van der Waals surface area contributed by atoms with E-state index in [4.69, 9.17) is 0 Å². The lowest BCUT2D eigenvalue weighted by atomic mass is 10.1. The van der Waals surface area contributed by atoms with Gasteiger partial charge in [0.15, 0.2) is 0 Å². The number of benzene rings is 2. The van der Waals surface area contributed by atoms with Crippen molar-refractivity contribution in [2.75, 3.05) is 5.32 Å². The van der Waals surface area contributed by atoms with Crippen molar-refractivity contribution in [3.63, 3.8) is 0 Å². The average molecular weight is 328 g/mol. The first-order chi connectivity index (χ1) is 12.2. The van der Waals surface area contributed by atoms with E-state index in [0.717, 1.165) is 33.5 Å². The van der Waals surface area contributed by atoms with Gasteiger partial charge in [-0.25, -0.2) is 9.97 Å². The fourth-order valence-corrected chi connectivity index (χ4v) is 2.72. The van der Waals surface area contributed by atoms with Crippen LogP contribution in [0.15, 0.2) is 67.1 Å². The van der Waals surface area contributed by atoms with Crippen molar-refractivity contribution in [2.24, 2.45) is 0 Å². The predicted molar refractivity (Wildman–Crippen MR) is 98.5 cm³/mol. The van der Waals surface area contributed by atoms with Gasteiger partial charge in [0.1, 0.15) is 12.0 Å². The predicted octanol–water partition coefficient (Wildman–Crippen LogP) is 4.19. The molecule has 0 radical (unpaired) electrons. The molecule has 0 spiro atoms. The summed E-state index contributed by atoms with van der Waals surface area (Å²) >= 11 is 0. The highest BCUT2D eigenvalue weighted by Crippen LogP contribution is 2.25. The van der Waals surface area contributed by atoms with Gasteiger partial charge < -0.3 is 10.3 Å². The lowest BCUT2D eigenvalue weighted by molar-refractivity contribution is 0.102. The van der Waals surface area contributed by atoms with Crippen molar-refractivity contribution >= 4 is 22.6 Å². The summed E-state index contributed by atoms with van der Waals surface area (Å²) in [6.07, 6.45) is 3.39. The molecule has 4 aromatic rings. The number of nitrogens with zero attached hydrogens (tertiary/aromatic N) is 2. The molecule has 5 heteroatoms. The lowest BCUT2D eigenvalue weighted by Gasteiger charge is -2.07. The zero-order valence-corrected chi connectivity index (χ0v) is 13.7. The van der Waals surface area contributed by atoms with Gasteiger partial charge in [-0.05, 0) is 37.3 Å². The number of nitrogens with one attached hydrogen (secondary N) is 2. The SMILES string of the molecule is Cc1ccc(C(=O)Nc2ccc(-c3ncnc4[nH]ccc34)cc2)cc1. The number of aryl methyl sites for hydroxylation is 1. The maximum Gasteiger partial charge on any atom is 0.255 e. The van der Waals surface area contributed by atoms with Crippen LogP contribution < -0.4 is 5.32 Å². The molecule has 5 nitrogen and oxygen atoms in total. The van der Waals surface area contributed by atoms with Crippen LogP contribution in [0.5, 0.6) is 0 Å². The third kappa shape index (κ3) is 2.99. The van der Waals surface area contributed by atoms with Gasteiger partial charge in [0.05, 0.1) is 5.69 Å². The smallest absolute Gasteiger partial charge is 0.255 e. The monoisotopic (exact) mass is 328 g/mol. The number of hydrogen-bond donors (Lipinski definition) is 2. The second-order valence-electron chi connectivity index (χ2n) is 5.86. The molecule has 0 saturated heterocycles. The second kappa shape index (κ2) is 6.20. The van der Waals surface area contributed by atoms with Crippen molar-refractivity contribution in [3.8, 4) is 11.3 Å². The Balaban J connectivity index is 1.57. The number of anilines is 1. The Morgan fingerprint density at radius 2 is 1.72 bits per heavy atom. The highest BCUT2D eigenvalue weighted by atomic mass is 16.1. The third-order valence-corrected chi connectivity index (χ3v) is 4.08. The minimum Gasteiger partial charge on any atom is -0.346 e. The molecule has 4 rings (SSSR count). The summed E-state index contributed by atoms with van der Waals surface area (Å²) in [6.45, 7) is 2.00. The molecule has 2 heterocycles. The van der Waals surface area contributed by atoms with Gasteiger partial charge in [-0.2, -0.15) is 0 Å². The minimum atomic E-state index is -0.122. The normalized spacial score (nSPS) is 10.8. The zero-order valence-electron chi connectivity index (χ0n) is 13.7. The summed E-state index contributed by atoms with van der Waals surface area (Å²) in [5, 5.41) is 3.88. The number of amides is 1. The van der Waals surface area contributed by atoms with Crippen LogP contribution in [0, 0.1) is 6.92 Å². The first-order valence-electron chi connectivity index (χ1n) is 7.97. The highest BCUT2D eigenvalue weighted by molar-refractivity contribution is 6.04. The Hall–Kier alpha value is -3.47. The number of carbonyl (C=O) groups is 1. The largest absolute Gasteiger partial charge is 0.346 e. The Kier molecular flexibility index (Phi) is 3.74. The molecular formula is C20H16N4O. The van der Waals surface area contributed by atoms with Crippen LogP contribution in [-0.2, 0) is 0 Å². The quantitative estimate of drug-likeness (QED) is 0.592. The van der Waals surface area contributed by atoms with Crippen molar-refractivity contribution in [1.29, 1.82) is 0 Å². The van der Waals surface area contributed by atoms with Crippen LogP contribution in [0.3, 0.4) is 0 Å². The van der Waals surface area contributed by atoms with Crippen LogP contribution in [0.4, 0.5) is 5.69 Å². The molecule has 0 fully saturated rings. The molecule has 1 amide bonds. The van der Waals surface area contributed by atoms with E-state index in [1.807, 2.05) is 67.7 Å². The van der Waals surface area contributed by atoms with E-state index < -0.39 is 0 Å². The number of hydrogen-bond acceptors (Lipinski definition) is 3. The summed E-state index contributed by atoms with van der Waals surface area (Å²) in [5.74, 6) is -0.122. The number of aromatic nitrogens is 3. The number of carbonyl (C=O) groups excluding carboxylic acids is 1. The van der Waals surface area contributed by atoms with Crippen LogP contribution in [0.2, 0.25) is 0 Å². The minimum absolute atomic E-state index is 0.122. The maximum atomic E-state index is 12.3. The standard InChI is InChI=1S/C20H16N4O/c1-13-2-4-15(5-3-13)20(25)24-16-8-6-14(7-9-16)18-17-10-11-21-19(17)23-12-22-18/h2-12H,1H3,(H,24,25)(H,21,22,23). The summed E-state index contributed by atoms with van der Waals surface area (Å²) in [6, 6.07) is 17.1. The average Bonchev–Trinajstić information content (AvgIpc) is 3.12. The molecule has 0 aliphatic heterocycles. The van der Waals surface area contributed by atoms with Crippen LogP contribution in [-0.4, -0.2) is 20.9 Å². The van der Waals surface area contributed by atoms with Gasteiger partial charge in [0, 0.05) is 28.4 Å². The molecule has 25 heavy (non-hydrogen) atoms. The van der Waals surface area contributed by atoms with Crippen molar-refractivity contribution in [3.05, 3.63) is 78.2 Å². The number of fused-ring (bicyclic) bond motifs is 1. The van der Waals surface area contributed by atoms with Crippen molar-refractivity contribution < 1.29 is 4.79 Å². The van der Waals surface area contributed by atoms with E-state index >= 15 is 0 Å². The zero-order chi connectivity index (χ0) is 17.2. The van der Waals surface area contributed by atoms with Gasteiger partial charge >= 0.3 is 0 Å². The van der Waals surface area contributed by atoms with E-state index in [0.29, 0.717) is 5.56 Å². The second-order valence-corrected chi connectivity index (χ2v) is 5.86. The van der Waals surface area contributed by atoms with Gasteiger partial charge in [0.25, 0.3) is 5.91 Å². The third-order valence-electron chi connectivity index (χ3n) is 4.08. The fraction of sp³-hybridized carbons (Fsp3) is 0.0500. The Morgan fingerprint density at radius 1 is 0.960 bits per heavy atom. The summed E-state index contributed by atoms with van der Waals surface area (Å²) in [4.78, 5) is 23.9. The van der Waals surface area contributed by atoms with Crippen LogP contribution in [0.1, 0.15) is 15.9 Å². The molecule has 0 aliphatic rings. The maximum absolute atomic E-state index is 12.3. The molecule has 0 unspecified atom stereocenters. The Morgan fingerprint density at radius 3 is 2.48 bits per heavy atom. The fourth-order valence-electron chi connectivity index (χ4n) is 2.72. The molecule has 0 bridgehead atoms. The molecule has 0 aliphatic carbocycles. The molecular weight excluding hydrogens is 312 g/mol. The van der Waals surface area contributed by atoms with E-state index in [1.54, 1.807) is 6.33 Å². The Bertz CT molecular complexity index is 1030. The molecule has 0 saturated carbocycles. The van der Waals surface area contributed by atoms with E-state index in [-0.39, 0.29) is 5.91 Å². The first-order valence-corrected chi connectivity index (χ1v) is 7.97. The lowest BCUT2D eigenvalue weighted by Crippen LogP contribution is -2.11. The number of H-pyrrole nitrogens is 1. The van der Waals surface area contributed by atoms with Gasteiger partial charge in [-0.3, -0.25) is 4.79 Å². The summed E-state index contributed by atoms with van der Waals surface area (Å²) in [5.41, 5.74) is 5.15. The van der Waals surface area contributed by atoms with Crippen molar-refractivity contribution in [1.82, 2.24) is 15.0 Å². The van der Waals surface area contributed by atoms with Crippen molar-refractivity contribution in [2.45, 2.75) is 6.92 Å². The number of aromatic amines is 1. The molecule has 2 N–H and O–H groups in total. The van der Waals surface area contributed by atoms with Gasteiger partial charge in [-0.1, -0.05) is 29.8 Å². The summed E-state index contributed by atoms with van der Waals surface area (Å²) in [7, 11) is 0. The van der Waals surface area contributed by atoms with Crippen LogP contribution >= 0.6 is 0 Å². The molecule has 0 atom stereocenters. The van der Waals surface area contributed by atoms with Gasteiger partial charge in [-0.15, -0.1) is 0 Å². The molecule has 2 aromatic carbocycles. The first kappa shape index (κ1) is 15.1. The topological polar surface area (TPSA) is 70.7 Å². The Labute approximate surface area is 144 Å². The van der Waals surface area contributed by atoms with Crippen LogP contribution in [0.25, 0.3) is 22.3 Å². The number of rotatable bonds is 3. The molecule has 2 aromatic heterocycles. The van der Waals surface area contributed by atoms with Gasteiger partial charge in [0.2, 0.25) is 0 Å².